The number of rotatable bonds is 1. The highest BCUT2D eigenvalue weighted by atomic mass is 16.2. The molecule has 0 atom stereocenters. The smallest absolute Gasteiger partial charge is 0.322 e. The number of urea groups is 1. The van der Waals surface area contributed by atoms with Crippen molar-refractivity contribution in [2.45, 2.75) is 71.4 Å². The van der Waals surface area contributed by atoms with E-state index in [1.54, 1.807) is 0 Å². The number of carbonyl (C=O) groups is 1. The summed E-state index contributed by atoms with van der Waals surface area (Å²) in [6, 6.07) is 6.72. The van der Waals surface area contributed by atoms with Crippen LogP contribution in [0.1, 0.15) is 64.0 Å². The first-order valence-corrected chi connectivity index (χ1v) is 8.80. The molecule has 23 heavy (non-hydrogen) atoms. The van der Waals surface area contributed by atoms with E-state index in [-0.39, 0.29) is 11.6 Å². The van der Waals surface area contributed by atoms with E-state index in [0.717, 1.165) is 18.5 Å². The molecule has 2 aliphatic rings. The van der Waals surface area contributed by atoms with Crippen molar-refractivity contribution in [3.05, 3.63) is 35.4 Å². The number of fused-ring (bicyclic) bond motifs is 1. The maximum absolute atomic E-state index is 13.0. The number of amides is 2. The van der Waals surface area contributed by atoms with Crippen LogP contribution in [0.3, 0.4) is 0 Å². The average molecular weight is 312 g/mol. The molecule has 0 aromatic heterocycles. The Hall–Kier alpha value is -1.77. The van der Waals surface area contributed by atoms with Crippen molar-refractivity contribution in [2.75, 3.05) is 4.90 Å². The maximum atomic E-state index is 13.0. The molecule has 1 aromatic carbocycles. The van der Waals surface area contributed by atoms with Crippen molar-refractivity contribution in [1.29, 1.82) is 0 Å². The van der Waals surface area contributed by atoms with E-state index in [2.05, 4.69) is 57.3 Å². The van der Waals surface area contributed by atoms with Crippen LogP contribution in [0, 0.1) is 6.92 Å². The third kappa shape index (κ3) is 3.15. The summed E-state index contributed by atoms with van der Waals surface area (Å²) in [5.41, 5.74) is 4.35. The predicted octanol–water partition coefficient (Wildman–Crippen LogP) is 5.04. The maximum Gasteiger partial charge on any atom is 0.322 e. The summed E-state index contributed by atoms with van der Waals surface area (Å²) in [6.45, 7) is 8.45. The molecule has 1 saturated carbocycles. The molecule has 1 aliphatic heterocycles. The lowest BCUT2D eigenvalue weighted by Gasteiger charge is -2.42. The topological polar surface area (TPSA) is 32.3 Å². The van der Waals surface area contributed by atoms with Gasteiger partial charge in [-0.3, -0.25) is 4.90 Å². The Balaban J connectivity index is 1.92. The first-order valence-electron chi connectivity index (χ1n) is 8.80. The van der Waals surface area contributed by atoms with Gasteiger partial charge >= 0.3 is 6.03 Å². The molecule has 0 bridgehead atoms. The second kappa shape index (κ2) is 6.03. The van der Waals surface area contributed by atoms with Crippen LogP contribution in [0.4, 0.5) is 10.5 Å². The molecule has 3 rings (SSSR count). The van der Waals surface area contributed by atoms with Gasteiger partial charge in [-0.1, -0.05) is 37.0 Å². The van der Waals surface area contributed by atoms with Crippen molar-refractivity contribution in [2.24, 2.45) is 0 Å². The number of hydrogen-bond acceptors (Lipinski definition) is 1. The van der Waals surface area contributed by atoms with Crippen molar-refractivity contribution in [3.63, 3.8) is 0 Å². The van der Waals surface area contributed by atoms with Gasteiger partial charge in [0, 0.05) is 11.6 Å². The van der Waals surface area contributed by atoms with Gasteiger partial charge in [0.05, 0.1) is 11.2 Å². The fraction of sp³-hybridized carbons (Fsp3) is 0.550. The van der Waals surface area contributed by atoms with Gasteiger partial charge < -0.3 is 5.32 Å². The number of aryl methyl sites for hydroxylation is 1. The molecular formula is C20H28N2O. The van der Waals surface area contributed by atoms with Crippen LogP contribution in [0.15, 0.2) is 24.3 Å². The lowest BCUT2D eigenvalue weighted by molar-refractivity contribution is 0.234. The van der Waals surface area contributed by atoms with Gasteiger partial charge in [0.25, 0.3) is 0 Å². The Morgan fingerprint density at radius 3 is 2.57 bits per heavy atom. The normalized spacial score (nSPS) is 20.7. The highest BCUT2D eigenvalue weighted by Crippen LogP contribution is 2.39. The number of hydrogen-bond donors (Lipinski definition) is 1. The molecule has 1 aliphatic carbocycles. The lowest BCUT2D eigenvalue weighted by Crippen LogP contribution is -2.55. The van der Waals surface area contributed by atoms with E-state index in [1.807, 2.05) is 4.90 Å². The van der Waals surface area contributed by atoms with Gasteiger partial charge in [-0.15, -0.1) is 0 Å². The van der Waals surface area contributed by atoms with Crippen molar-refractivity contribution >= 4 is 17.3 Å². The van der Waals surface area contributed by atoms with Crippen LogP contribution in [-0.2, 0) is 0 Å². The van der Waals surface area contributed by atoms with Crippen molar-refractivity contribution in [3.8, 4) is 0 Å². The standard InChI is InChI=1S/C20H28N2O/c1-14-10-11-18-17(12-14)15(2)13-20(3,4)22(18)19(23)21-16-8-6-5-7-9-16/h10-13,16H,5-9H2,1-4H3,(H,21,23). The largest absolute Gasteiger partial charge is 0.335 e. The molecule has 3 heteroatoms. The quantitative estimate of drug-likeness (QED) is 0.774. The highest BCUT2D eigenvalue weighted by Gasteiger charge is 2.36. The molecule has 0 saturated heterocycles. The number of allylic oxidation sites excluding steroid dienone is 1. The summed E-state index contributed by atoms with van der Waals surface area (Å²) in [4.78, 5) is 15.0. The van der Waals surface area contributed by atoms with Crippen LogP contribution < -0.4 is 10.2 Å². The number of benzene rings is 1. The molecule has 1 aromatic rings. The number of nitrogens with zero attached hydrogens (tertiary/aromatic N) is 1. The van der Waals surface area contributed by atoms with Crippen LogP contribution in [-0.4, -0.2) is 17.6 Å². The molecule has 2 amide bonds. The molecule has 1 heterocycles. The first kappa shape index (κ1) is 16.1. The summed E-state index contributed by atoms with van der Waals surface area (Å²) >= 11 is 0. The van der Waals surface area contributed by atoms with E-state index in [1.165, 1.54) is 36.0 Å². The van der Waals surface area contributed by atoms with E-state index in [4.69, 9.17) is 0 Å². The second-order valence-electron chi connectivity index (χ2n) is 7.62. The third-order valence-electron chi connectivity index (χ3n) is 5.10. The Bertz CT molecular complexity index is 639. The zero-order chi connectivity index (χ0) is 16.6. The molecule has 0 radical (unpaired) electrons. The van der Waals surface area contributed by atoms with Crippen LogP contribution in [0.25, 0.3) is 5.57 Å². The fourth-order valence-corrected chi connectivity index (χ4v) is 4.00. The monoisotopic (exact) mass is 312 g/mol. The van der Waals surface area contributed by atoms with Crippen LogP contribution in [0.5, 0.6) is 0 Å². The number of nitrogens with one attached hydrogen (secondary N) is 1. The summed E-state index contributed by atoms with van der Waals surface area (Å²) in [5.74, 6) is 0. The number of carbonyl (C=O) groups excluding carboxylic acids is 1. The van der Waals surface area contributed by atoms with E-state index in [9.17, 15) is 4.79 Å². The van der Waals surface area contributed by atoms with E-state index >= 15 is 0 Å². The van der Waals surface area contributed by atoms with Crippen LogP contribution in [0.2, 0.25) is 0 Å². The third-order valence-corrected chi connectivity index (χ3v) is 5.10. The van der Waals surface area contributed by atoms with Crippen molar-refractivity contribution < 1.29 is 4.79 Å². The first-order chi connectivity index (χ1) is 10.9. The molecule has 124 valence electrons. The molecule has 0 unspecified atom stereocenters. The van der Waals surface area contributed by atoms with Gasteiger partial charge in [-0.2, -0.15) is 0 Å². The second-order valence-corrected chi connectivity index (χ2v) is 7.62. The van der Waals surface area contributed by atoms with Gasteiger partial charge in [-0.05, 0) is 58.2 Å². The minimum atomic E-state index is -0.314. The molecule has 1 N–H and O–H groups in total. The van der Waals surface area contributed by atoms with Gasteiger partial charge in [0.1, 0.15) is 0 Å². The molecule has 0 spiro atoms. The van der Waals surface area contributed by atoms with Crippen molar-refractivity contribution in [1.82, 2.24) is 5.32 Å². The van der Waals surface area contributed by atoms with Crippen LogP contribution >= 0.6 is 0 Å². The summed E-state index contributed by atoms with van der Waals surface area (Å²) in [6.07, 6.45) is 8.17. The Kier molecular flexibility index (Phi) is 4.22. The Morgan fingerprint density at radius 2 is 1.87 bits per heavy atom. The van der Waals surface area contributed by atoms with E-state index < -0.39 is 0 Å². The zero-order valence-electron chi connectivity index (χ0n) is 14.8. The molecule has 3 nitrogen and oxygen atoms in total. The molecule has 1 fully saturated rings. The minimum absolute atomic E-state index is 0.0377. The highest BCUT2D eigenvalue weighted by molar-refractivity contribution is 5.99. The SMILES string of the molecule is CC1=CC(C)(C)N(C(=O)NC2CCCCC2)c2ccc(C)cc21. The summed E-state index contributed by atoms with van der Waals surface area (Å²) < 4.78 is 0. The predicted molar refractivity (Wildman–Crippen MR) is 96.8 cm³/mol. The lowest BCUT2D eigenvalue weighted by atomic mass is 9.88. The van der Waals surface area contributed by atoms with Gasteiger partial charge in [-0.25, -0.2) is 4.79 Å². The fourth-order valence-electron chi connectivity index (χ4n) is 4.00. The van der Waals surface area contributed by atoms with Gasteiger partial charge in [0.15, 0.2) is 0 Å². The zero-order valence-corrected chi connectivity index (χ0v) is 14.8. The minimum Gasteiger partial charge on any atom is -0.335 e. The summed E-state index contributed by atoms with van der Waals surface area (Å²) in [5, 5.41) is 3.27. The summed E-state index contributed by atoms with van der Waals surface area (Å²) in [7, 11) is 0. The number of anilines is 1. The average Bonchev–Trinajstić information content (AvgIpc) is 2.48. The Morgan fingerprint density at radius 1 is 1.17 bits per heavy atom. The van der Waals surface area contributed by atoms with Gasteiger partial charge in [0.2, 0.25) is 0 Å². The molecular weight excluding hydrogens is 284 g/mol. The Labute approximate surface area is 139 Å². The van der Waals surface area contributed by atoms with E-state index in [0.29, 0.717) is 6.04 Å².